The van der Waals surface area contributed by atoms with Gasteiger partial charge in [-0.05, 0) is 6.92 Å². The number of H-pyrrole nitrogens is 1. The monoisotopic (exact) mass is 217 g/mol. The fourth-order valence-electron chi connectivity index (χ4n) is 1.72. The zero-order valence-electron chi connectivity index (χ0n) is 8.86. The summed E-state index contributed by atoms with van der Waals surface area (Å²) >= 11 is 0. The second-order valence-electron chi connectivity index (χ2n) is 3.78. The maximum atomic E-state index is 11.6. The Hall–Kier alpha value is -2.09. The molecule has 1 aromatic rings. The highest BCUT2D eigenvalue weighted by Crippen LogP contribution is 2.20. The number of nitrogens with zero attached hydrogens (tertiary/aromatic N) is 2. The third kappa shape index (κ3) is 1.82. The molecule has 0 bridgehead atoms. The Kier molecular flexibility index (Phi) is 2.49. The van der Waals surface area contributed by atoms with Gasteiger partial charge in [0.05, 0.1) is 0 Å². The van der Waals surface area contributed by atoms with Gasteiger partial charge in [-0.2, -0.15) is 0 Å². The summed E-state index contributed by atoms with van der Waals surface area (Å²) in [5.74, 6) is 2.63. The SMILES string of the molecule is C#CC1CC(=O)N(c2nc(C)cc(=O)[nH]2)C1. The van der Waals surface area contributed by atoms with Crippen molar-refractivity contribution in [2.75, 3.05) is 11.4 Å². The standard InChI is InChI=1S/C11H11N3O2/c1-3-8-5-10(16)14(6-8)11-12-7(2)4-9(15)13-11/h1,4,8H,5-6H2,2H3,(H,12,13,15). The molecule has 0 aliphatic carbocycles. The van der Waals surface area contributed by atoms with E-state index in [0.29, 0.717) is 18.7 Å². The zero-order valence-corrected chi connectivity index (χ0v) is 8.86. The van der Waals surface area contributed by atoms with Gasteiger partial charge in [-0.3, -0.25) is 19.5 Å². The maximum Gasteiger partial charge on any atom is 0.252 e. The third-order valence-electron chi connectivity index (χ3n) is 2.47. The molecular weight excluding hydrogens is 206 g/mol. The van der Waals surface area contributed by atoms with Gasteiger partial charge >= 0.3 is 0 Å². The second-order valence-corrected chi connectivity index (χ2v) is 3.78. The van der Waals surface area contributed by atoms with Crippen LogP contribution >= 0.6 is 0 Å². The molecule has 1 aliphatic rings. The molecule has 1 N–H and O–H groups in total. The average Bonchev–Trinajstić information content (AvgIpc) is 2.58. The number of hydrogen-bond donors (Lipinski definition) is 1. The number of hydrogen-bond acceptors (Lipinski definition) is 3. The van der Waals surface area contributed by atoms with Crippen LogP contribution in [0.15, 0.2) is 10.9 Å². The molecule has 1 aromatic heterocycles. The molecule has 82 valence electrons. The van der Waals surface area contributed by atoms with Crippen molar-refractivity contribution in [3.8, 4) is 12.3 Å². The number of terminal acetylenes is 1. The molecule has 0 aromatic carbocycles. The van der Waals surface area contributed by atoms with Crippen LogP contribution in [-0.2, 0) is 4.79 Å². The van der Waals surface area contributed by atoms with Crippen molar-refractivity contribution in [2.24, 2.45) is 5.92 Å². The average molecular weight is 217 g/mol. The third-order valence-corrected chi connectivity index (χ3v) is 2.47. The number of rotatable bonds is 1. The first-order valence-corrected chi connectivity index (χ1v) is 4.94. The summed E-state index contributed by atoms with van der Waals surface area (Å²) in [4.78, 5) is 31.0. The van der Waals surface area contributed by atoms with Gasteiger partial charge in [0.2, 0.25) is 11.9 Å². The molecule has 0 saturated carbocycles. The first kappa shape index (κ1) is 10.4. The molecule has 1 unspecified atom stereocenters. The molecule has 1 aliphatic heterocycles. The molecule has 0 spiro atoms. The Labute approximate surface area is 92.5 Å². The fraction of sp³-hybridized carbons (Fsp3) is 0.364. The molecule has 1 amide bonds. The van der Waals surface area contributed by atoms with E-state index in [4.69, 9.17) is 6.42 Å². The van der Waals surface area contributed by atoms with Gasteiger partial charge in [0, 0.05) is 30.6 Å². The van der Waals surface area contributed by atoms with Crippen LogP contribution < -0.4 is 10.5 Å². The number of aryl methyl sites for hydroxylation is 1. The lowest BCUT2D eigenvalue weighted by atomic mass is 10.1. The van der Waals surface area contributed by atoms with E-state index in [9.17, 15) is 9.59 Å². The Morgan fingerprint density at radius 3 is 2.94 bits per heavy atom. The minimum atomic E-state index is -0.264. The number of amides is 1. The Morgan fingerprint density at radius 2 is 2.38 bits per heavy atom. The van der Waals surface area contributed by atoms with Crippen molar-refractivity contribution in [2.45, 2.75) is 13.3 Å². The number of aromatic nitrogens is 2. The van der Waals surface area contributed by atoms with Gasteiger partial charge in [0.25, 0.3) is 5.56 Å². The highest BCUT2D eigenvalue weighted by molar-refractivity contribution is 5.94. The van der Waals surface area contributed by atoms with Gasteiger partial charge in [0.15, 0.2) is 0 Å². The molecular formula is C11H11N3O2. The summed E-state index contributed by atoms with van der Waals surface area (Å²) in [6.07, 6.45) is 5.59. The summed E-state index contributed by atoms with van der Waals surface area (Å²) in [5.41, 5.74) is 0.315. The molecule has 16 heavy (non-hydrogen) atoms. The van der Waals surface area contributed by atoms with Crippen LogP contribution in [0, 0.1) is 25.2 Å². The molecule has 2 rings (SSSR count). The summed E-state index contributed by atoms with van der Waals surface area (Å²) < 4.78 is 0. The summed E-state index contributed by atoms with van der Waals surface area (Å²) in [5, 5.41) is 0. The lowest BCUT2D eigenvalue weighted by Crippen LogP contribution is -2.28. The van der Waals surface area contributed by atoms with Crippen molar-refractivity contribution in [1.82, 2.24) is 9.97 Å². The van der Waals surface area contributed by atoms with Crippen LogP contribution in [0.2, 0.25) is 0 Å². The van der Waals surface area contributed by atoms with Crippen LogP contribution in [0.5, 0.6) is 0 Å². The van der Waals surface area contributed by atoms with Crippen molar-refractivity contribution in [3.63, 3.8) is 0 Å². The zero-order chi connectivity index (χ0) is 11.7. The van der Waals surface area contributed by atoms with E-state index < -0.39 is 0 Å². The molecule has 1 saturated heterocycles. The lowest BCUT2D eigenvalue weighted by molar-refractivity contribution is -0.117. The lowest BCUT2D eigenvalue weighted by Gasteiger charge is -2.13. The topological polar surface area (TPSA) is 66.1 Å². The predicted octanol–water partition coefficient (Wildman–Crippen LogP) is 0.0644. The number of carbonyl (C=O) groups excluding carboxylic acids is 1. The largest absolute Gasteiger partial charge is 0.292 e. The van der Waals surface area contributed by atoms with Gasteiger partial charge in [-0.1, -0.05) is 0 Å². The van der Waals surface area contributed by atoms with E-state index in [-0.39, 0.29) is 23.3 Å². The second kappa shape index (κ2) is 3.81. The van der Waals surface area contributed by atoms with Crippen LogP contribution in [0.3, 0.4) is 0 Å². The molecule has 5 nitrogen and oxygen atoms in total. The molecule has 5 heteroatoms. The highest BCUT2D eigenvalue weighted by Gasteiger charge is 2.30. The van der Waals surface area contributed by atoms with E-state index in [0.717, 1.165) is 0 Å². The molecule has 0 radical (unpaired) electrons. The van der Waals surface area contributed by atoms with Crippen molar-refractivity contribution in [3.05, 3.63) is 22.1 Å². The van der Waals surface area contributed by atoms with E-state index in [2.05, 4.69) is 15.9 Å². The normalized spacial score (nSPS) is 19.9. The van der Waals surface area contributed by atoms with Crippen LogP contribution in [0.4, 0.5) is 5.95 Å². The highest BCUT2D eigenvalue weighted by atomic mass is 16.2. The van der Waals surface area contributed by atoms with Crippen LogP contribution in [0.1, 0.15) is 12.1 Å². The van der Waals surface area contributed by atoms with Crippen molar-refractivity contribution < 1.29 is 4.79 Å². The van der Waals surface area contributed by atoms with Gasteiger partial charge in [-0.25, -0.2) is 4.98 Å². The quantitative estimate of drug-likeness (QED) is 0.677. The number of carbonyl (C=O) groups is 1. The van der Waals surface area contributed by atoms with Crippen LogP contribution in [0.25, 0.3) is 0 Å². The molecule has 1 fully saturated rings. The van der Waals surface area contributed by atoms with Gasteiger partial charge in [0.1, 0.15) is 0 Å². The van der Waals surface area contributed by atoms with Gasteiger partial charge in [-0.15, -0.1) is 12.3 Å². The minimum Gasteiger partial charge on any atom is -0.292 e. The van der Waals surface area contributed by atoms with Crippen molar-refractivity contribution >= 4 is 11.9 Å². The van der Waals surface area contributed by atoms with E-state index in [1.54, 1.807) is 6.92 Å². The maximum absolute atomic E-state index is 11.6. The van der Waals surface area contributed by atoms with E-state index in [1.165, 1.54) is 11.0 Å². The van der Waals surface area contributed by atoms with Gasteiger partial charge < -0.3 is 0 Å². The smallest absolute Gasteiger partial charge is 0.252 e. The summed E-state index contributed by atoms with van der Waals surface area (Å²) in [6.45, 7) is 2.12. The predicted molar refractivity (Wildman–Crippen MR) is 58.9 cm³/mol. The number of anilines is 1. The Bertz CT molecular complexity index is 527. The first-order chi connectivity index (χ1) is 7.60. The number of nitrogens with one attached hydrogen (secondary N) is 1. The summed E-state index contributed by atoms with van der Waals surface area (Å²) in [6, 6.07) is 1.38. The van der Waals surface area contributed by atoms with Crippen molar-refractivity contribution in [1.29, 1.82) is 0 Å². The fourth-order valence-corrected chi connectivity index (χ4v) is 1.72. The summed E-state index contributed by atoms with van der Waals surface area (Å²) in [7, 11) is 0. The Morgan fingerprint density at radius 1 is 1.62 bits per heavy atom. The Balaban J connectivity index is 2.35. The molecule has 2 heterocycles. The molecule has 1 atom stereocenters. The first-order valence-electron chi connectivity index (χ1n) is 4.94. The van der Waals surface area contributed by atoms with E-state index >= 15 is 0 Å². The van der Waals surface area contributed by atoms with E-state index in [1.807, 2.05) is 0 Å². The number of aromatic amines is 1. The van der Waals surface area contributed by atoms with Crippen LogP contribution in [-0.4, -0.2) is 22.4 Å². The minimum absolute atomic E-state index is 0.0988.